The van der Waals surface area contributed by atoms with Gasteiger partial charge in [0.25, 0.3) is 0 Å². The molecule has 4 heteroatoms. The molecule has 88 valence electrons. The van der Waals surface area contributed by atoms with Gasteiger partial charge in [-0.2, -0.15) is 0 Å². The van der Waals surface area contributed by atoms with Crippen molar-refractivity contribution >= 4 is 5.78 Å². The number of rotatable bonds is 5. The van der Waals surface area contributed by atoms with E-state index in [-0.39, 0.29) is 5.78 Å². The van der Waals surface area contributed by atoms with E-state index in [0.29, 0.717) is 23.7 Å². The Morgan fingerprint density at radius 1 is 1.50 bits per heavy atom. The second-order valence-corrected chi connectivity index (χ2v) is 4.21. The summed E-state index contributed by atoms with van der Waals surface area (Å²) in [5.74, 6) is 0.889. The van der Waals surface area contributed by atoms with Crippen molar-refractivity contribution < 1.29 is 9.53 Å². The molecule has 0 amide bonds. The molecule has 0 aliphatic carbocycles. The second-order valence-electron chi connectivity index (χ2n) is 4.21. The Bertz CT molecular complexity index is 364. The summed E-state index contributed by atoms with van der Waals surface area (Å²) in [7, 11) is 1.54. The molecule has 1 heterocycles. The Labute approximate surface area is 95.8 Å². The van der Waals surface area contributed by atoms with E-state index >= 15 is 0 Å². The zero-order valence-corrected chi connectivity index (χ0v) is 9.93. The maximum Gasteiger partial charge on any atom is 0.181 e. The van der Waals surface area contributed by atoms with Gasteiger partial charge in [-0.05, 0) is 18.4 Å². The highest BCUT2D eigenvalue weighted by atomic mass is 16.5. The van der Waals surface area contributed by atoms with Gasteiger partial charge in [0.15, 0.2) is 5.78 Å². The molecule has 1 atom stereocenters. The van der Waals surface area contributed by atoms with E-state index in [2.05, 4.69) is 4.98 Å². The van der Waals surface area contributed by atoms with Crippen LogP contribution in [0.5, 0.6) is 5.75 Å². The van der Waals surface area contributed by atoms with Gasteiger partial charge in [-0.3, -0.25) is 9.78 Å². The number of ether oxygens (including phenoxy) is 1. The highest BCUT2D eigenvalue weighted by molar-refractivity contribution is 5.99. The zero-order chi connectivity index (χ0) is 12.1. The summed E-state index contributed by atoms with van der Waals surface area (Å²) in [4.78, 5) is 15.9. The van der Waals surface area contributed by atoms with Crippen LogP contribution in [0.15, 0.2) is 18.5 Å². The van der Waals surface area contributed by atoms with Crippen LogP contribution in [0, 0.1) is 5.92 Å². The van der Waals surface area contributed by atoms with E-state index in [1.807, 2.05) is 13.8 Å². The predicted octanol–water partition coefficient (Wildman–Crippen LogP) is 1.65. The molecule has 2 N–H and O–H groups in total. The third-order valence-corrected chi connectivity index (χ3v) is 2.30. The lowest BCUT2D eigenvalue weighted by atomic mass is 9.98. The molecule has 0 saturated heterocycles. The zero-order valence-electron chi connectivity index (χ0n) is 9.93. The molecule has 1 aromatic heterocycles. The number of Topliss-reactive ketones (excluding diaryl/α,β-unsaturated/α-hetero) is 1. The molecule has 0 fully saturated rings. The summed E-state index contributed by atoms with van der Waals surface area (Å²) in [5, 5.41) is 0. The minimum Gasteiger partial charge on any atom is -0.495 e. The molecule has 0 spiro atoms. The molecule has 1 aromatic rings. The van der Waals surface area contributed by atoms with Crippen molar-refractivity contribution in [3.8, 4) is 5.75 Å². The van der Waals surface area contributed by atoms with Crippen LogP contribution in [0.3, 0.4) is 0 Å². The van der Waals surface area contributed by atoms with Crippen LogP contribution >= 0.6 is 0 Å². The highest BCUT2D eigenvalue weighted by Crippen LogP contribution is 2.14. The lowest BCUT2D eigenvalue weighted by Crippen LogP contribution is -2.32. The van der Waals surface area contributed by atoms with Gasteiger partial charge in [0.05, 0.1) is 19.3 Å². The Kier molecular flexibility index (Phi) is 4.43. The van der Waals surface area contributed by atoms with E-state index in [4.69, 9.17) is 10.5 Å². The van der Waals surface area contributed by atoms with Gasteiger partial charge in [-0.15, -0.1) is 0 Å². The number of hydrogen-bond donors (Lipinski definition) is 1. The van der Waals surface area contributed by atoms with Crippen molar-refractivity contribution in [2.75, 3.05) is 7.11 Å². The molecule has 16 heavy (non-hydrogen) atoms. The first-order valence-corrected chi connectivity index (χ1v) is 5.33. The number of nitrogens with zero attached hydrogens (tertiary/aromatic N) is 1. The highest BCUT2D eigenvalue weighted by Gasteiger charge is 2.17. The molecule has 1 unspecified atom stereocenters. The number of hydrogen-bond acceptors (Lipinski definition) is 4. The molecule has 0 saturated carbocycles. The van der Waals surface area contributed by atoms with Gasteiger partial charge in [0.1, 0.15) is 5.75 Å². The van der Waals surface area contributed by atoms with Crippen LogP contribution in [0.2, 0.25) is 0 Å². The minimum absolute atomic E-state index is 0.0832. The van der Waals surface area contributed by atoms with Crippen molar-refractivity contribution in [3.63, 3.8) is 0 Å². The standard InChI is InChI=1S/C12H18N2O2/c1-8(2)4-11(13)12(15)9-5-10(16-3)7-14-6-9/h5-8,11H,4,13H2,1-3H3. The smallest absolute Gasteiger partial charge is 0.181 e. The van der Waals surface area contributed by atoms with Crippen molar-refractivity contribution in [1.82, 2.24) is 4.98 Å². The Morgan fingerprint density at radius 3 is 2.75 bits per heavy atom. The van der Waals surface area contributed by atoms with Crippen LogP contribution in [0.25, 0.3) is 0 Å². The Balaban J connectivity index is 2.79. The van der Waals surface area contributed by atoms with E-state index in [1.54, 1.807) is 19.4 Å². The number of pyridine rings is 1. The molecule has 0 bridgehead atoms. The largest absolute Gasteiger partial charge is 0.495 e. The number of nitrogens with two attached hydrogens (primary N) is 1. The van der Waals surface area contributed by atoms with Gasteiger partial charge >= 0.3 is 0 Å². The number of ketones is 1. The van der Waals surface area contributed by atoms with E-state index < -0.39 is 6.04 Å². The van der Waals surface area contributed by atoms with Gasteiger partial charge in [0, 0.05) is 11.8 Å². The lowest BCUT2D eigenvalue weighted by molar-refractivity contribution is 0.0950. The van der Waals surface area contributed by atoms with E-state index in [1.165, 1.54) is 6.20 Å². The van der Waals surface area contributed by atoms with Gasteiger partial charge in [-0.1, -0.05) is 13.8 Å². The fraction of sp³-hybridized carbons (Fsp3) is 0.500. The molecule has 0 aliphatic rings. The second kappa shape index (κ2) is 5.61. The number of aromatic nitrogens is 1. The SMILES string of the molecule is COc1cncc(C(=O)C(N)CC(C)C)c1. The van der Waals surface area contributed by atoms with Crippen LogP contribution in [-0.4, -0.2) is 23.9 Å². The fourth-order valence-electron chi connectivity index (χ4n) is 1.49. The predicted molar refractivity (Wildman–Crippen MR) is 62.5 cm³/mol. The van der Waals surface area contributed by atoms with E-state index in [9.17, 15) is 4.79 Å². The summed E-state index contributed by atoms with van der Waals surface area (Å²) in [6.07, 6.45) is 3.76. The van der Waals surface area contributed by atoms with Gasteiger partial charge in [0.2, 0.25) is 0 Å². The summed E-state index contributed by atoms with van der Waals surface area (Å²) in [6.45, 7) is 4.08. The number of methoxy groups -OCH3 is 1. The topological polar surface area (TPSA) is 65.2 Å². The van der Waals surface area contributed by atoms with Crippen LogP contribution < -0.4 is 10.5 Å². The quantitative estimate of drug-likeness (QED) is 0.769. The van der Waals surface area contributed by atoms with Crippen LogP contribution in [-0.2, 0) is 0 Å². The average molecular weight is 222 g/mol. The monoisotopic (exact) mass is 222 g/mol. The first-order valence-electron chi connectivity index (χ1n) is 5.33. The molecule has 0 radical (unpaired) electrons. The van der Waals surface area contributed by atoms with Gasteiger partial charge < -0.3 is 10.5 Å². The fourth-order valence-corrected chi connectivity index (χ4v) is 1.49. The molecular formula is C12H18N2O2. The maximum absolute atomic E-state index is 11.9. The maximum atomic E-state index is 11.9. The molecular weight excluding hydrogens is 204 g/mol. The van der Waals surface area contributed by atoms with Crippen molar-refractivity contribution in [1.29, 1.82) is 0 Å². The van der Waals surface area contributed by atoms with Crippen LogP contribution in [0.1, 0.15) is 30.6 Å². The first kappa shape index (κ1) is 12.6. The summed E-state index contributed by atoms with van der Waals surface area (Å²) >= 11 is 0. The summed E-state index contributed by atoms with van der Waals surface area (Å²) in [6, 6.07) is 1.20. The molecule has 1 rings (SSSR count). The molecule has 0 aliphatic heterocycles. The average Bonchev–Trinajstić information content (AvgIpc) is 2.27. The molecule has 4 nitrogen and oxygen atoms in total. The van der Waals surface area contributed by atoms with Crippen molar-refractivity contribution in [2.45, 2.75) is 26.3 Å². The normalized spacial score (nSPS) is 12.6. The van der Waals surface area contributed by atoms with Crippen molar-refractivity contribution in [3.05, 3.63) is 24.0 Å². The van der Waals surface area contributed by atoms with Crippen molar-refractivity contribution in [2.24, 2.45) is 11.7 Å². The number of carbonyl (C=O) groups excluding carboxylic acids is 1. The lowest BCUT2D eigenvalue weighted by Gasteiger charge is -2.12. The minimum atomic E-state index is -0.464. The number of carbonyl (C=O) groups is 1. The third kappa shape index (κ3) is 3.31. The third-order valence-electron chi connectivity index (χ3n) is 2.30. The van der Waals surface area contributed by atoms with Gasteiger partial charge in [-0.25, -0.2) is 0 Å². The Hall–Kier alpha value is -1.42. The van der Waals surface area contributed by atoms with E-state index in [0.717, 1.165) is 0 Å². The van der Waals surface area contributed by atoms with Crippen LogP contribution in [0.4, 0.5) is 0 Å². The molecule has 0 aromatic carbocycles. The summed E-state index contributed by atoms with van der Waals surface area (Å²) < 4.78 is 5.01. The Morgan fingerprint density at radius 2 is 2.19 bits per heavy atom. The first-order chi connectivity index (χ1) is 7.54. The summed E-state index contributed by atoms with van der Waals surface area (Å²) in [5.41, 5.74) is 6.33.